The molecule has 0 unspecified atom stereocenters. The number of ether oxygens (including phenoxy) is 1. The van der Waals surface area contributed by atoms with Crippen LogP contribution in [0.2, 0.25) is 0 Å². The van der Waals surface area contributed by atoms with Crippen LogP contribution in [0.25, 0.3) is 10.9 Å². The van der Waals surface area contributed by atoms with Crippen LogP contribution in [0.1, 0.15) is 25.1 Å². The second-order valence-electron chi connectivity index (χ2n) is 4.11. The summed E-state index contributed by atoms with van der Waals surface area (Å²) in [6.07, 6.45) is 0. The van der Waals surface area contributed by atoms with Crippen LogP contribution >= 0.6 is 0 Å². The van der Waals surface area contributed by atoms with Gasteiger partial charge in [-0.05, 0) is 36.9 Å². The van der Waals surface area contributed by atoms with E-state index in [1.54, 1.807) is 0 Å². The molecule has 3 nitrogen and oxygen atoms in total. The molecule has 2 N–H and O–H groups in total. The summed E-state index contributed by atoms with van der Waals surface area (Å²) in [6.45, 7) is 7.15. The molecule has 0 atom stereocenters. The van der Waals surface area contributed by atoms with Crippen molar-refractivity contribution in [2.45, 2.75) is 33.5 Å². The molecular formula is C14H20N2O. The standard InChI is InChI=1S/C14H20N2O/c1-3-16-13(10-17-4-2)8-12-6-5-11(9-15)7-14(12)16/h5-8H,3-4,9-10,15H2,1-2H3. The molecule has 0 saturated carbocycles. The fourth-order valence-corrected chi connectivity index (χ4v) is 2.18. The number of benzene rings is 1. The molecule has 0 aliphatic carbocycles. The van der Waals surface area contributed by atoms with Gasteiger partial charge in [-0.15, -0.1) is 0 Å². The summed E-state index contributed by atoms with van der Waals surface area (Å²) in [4.78, 5) is 0. The zero-order valence-electron chi connectivity index (χ0n) is 10.6. The van der Waals surface area contributed by atoms with Gasteiger partial charge in [0, 0.05) is 30.9 Å². The van der Waals surface area contributed by atoms with Crippen molar-refractivity contribution in [3.63, 3.8) is 0 Å². The van der Waals surface area contributed by atoms with Gasteiger partial charge in [0.1, 0.15) is 0 Å². The SMILES string of the molecule is CCOCc1cc2ccc(CN)cc2n1CC. The zero-order chi connectivity index (χ0) is 12.3. The van der Waals surface area contributed by atoms with Crippen LogP contribution in [0, 0.1) is 0 Å². The Morgan fingerprint density at radius 1 is 1.24 bits per heavy atom. The molecule has 92 valence electrons. The lowest BCUT2D eigenvalue weighted by Gasteiger charge is -2.08. The highest BCUT2D eigenvalue weighted by atomic mass is 16.5. The van der Waals surface area contributed by atoms with Gasteiger partial charge in [-0.25, -0.2) is 0 Å². The Labute approximate surface area is 102 Å². The highest BCUT2D eigenvalue weighted by molar-refractivity contribution is 5.82. The molecule has 17 heavy (non-hydrogen) atoms. The molecule has 0 amide bonds. The van der Waals surface area contributed by atoms with Crippen LogP contribution < -0.4 is 5.73 Å². The van der Waals surface area contributed by atoms with Gasteiger partial charge < -0.3 is 15.0 Å². The van der Waals surface area contributed by atoms with Crippen LogP contribution in [0.3, 0.4) is 0 Å². The second-order valence-corrected chi connectivity index (χ2v) is 4.11. The highest BCUT2D eigenvalue weighted by Gasteiger charge is 2.07. The lowest BCUT2D eigenvalue weighted by atomic mass is 10.1. The van der Waals surface area contributed by atoms with Gasteiger partial charge in [-0.1, -0.05) is 12.1 Å². The van der Waals surface area contributed by atoms with Crippen molar-refractivity contribution in [3.05, 3.63) is 35.5 Å². The minimum atomic E-state index is 0.589. The fourth-order valence-electron chi connectivity index (χ4n) is 2.18. The Morgan fingerprint density at radius 2 is 2.06 bits per heavy atom. The third-order valence-corrected chi connectivity index (χ3v) is 3.06. The van der Waals surface area contributed by atoms with E-state index in [1.165, 1.54) is 22.2 Å². The first-order chi connectivity index (χ1) is 8.30. The summed E-state index contributed by atoms with van der Waals surface area (Å²) in [6, 6.07) is 8.61. The summed E-state index contributed by atoms with van der Waals surface area (Å²) in [5.74, 6) is 0. The molecule has 3 heteroatoms. The van der Waals surface area contributed by atoms with Crippen molar-refractivity contribution < 1.29 is 4.74 Å². The Balaban J connectivity index is 2.47. The van der Waals surface area contributed by atoms with Gasteiger partial charge in [0.15, 0.2) is 0 Å². The molecular weight excluding hydrogens is 212 g/mol. The number of rotatable bonds is 5. The first kappa shape index (κ1) is 12.1. The van der Waals surface area contributed by atoms with Crippen molar-refractivity contribution in [1.82, 2.24) is 4.57 Å². The van der Waals surface area contributed by atoms with Crippen LogP contribution in [-0.4, -0.2) is 11.2 Å². The first-order valence-electron chi connectivity index (χ1n) is 6.19. The maximum Gasteiger partial charge on any atom is 0.0867 e. The number of aromatic nitrogens is 1. The monoisotopic (exact) mass is 232 g/mol. The normalized spacial score (nSPS) is 11.2. The number of nitrogens with zero attached hydrogens (tertiary/aromatic N) is 1. The summed E-state index contributed by atoms with van der Waals surface area (Å²) in [5, 5.41) is 1.26. The van der Waals surface area contributed by atoms with E-state index in [2.05, 4.69) is 35.8 Å². The Kier molecular flexibility index (Phi) is 3.82. The minimum absolute atomic E-state index is 0.589. The molecule has 0 radical (unpaired) electrons. The Morgan fingerprint density at radius 3 is 2.71 bits per heavy atom. The number of aryl methyl sites for hydroxylation is 1. The van der Waals surface area contributed by atoms with Gasteiger partial charge in [0.25, 0.3) is 0 Å². The molecule has 0 spiro atoms. The maximum atomic E-state index is 5.69. The van der Waals surface area contributed by atoms with Crippen LogP contribution in [0.4, 0.5) is 0 Å². The van der Waals surface area contributed by atoms with Gasteiger partial charge >= 0.3 is 0 Å². The zero-order valence-corrected chi connectivity index (χ0v) is 10.6. The minimum Gasteiger partial charge on any atom is -0.376 e. The highest BCUT2D eigenvalue weighted by Crippen LogP contribution is 2.22. The third kappa shape index (κ3) is 2.35. The summed E-state index contributed by atoms with van der Waals surface area (Å²) >= 11 is 0. The largest absolute Gasteiger partial charge is 0.376 e. The quantitative estimate of drug-likeness (QED) is 0.861. The molecule has 2 rings (SSSR count). The number of fused-ring (bicyclic) bond motifs is 1. The van der Waals surface area contributed by atoms with Gasteiger partial charge in [-0.2, -0.15) is 0 Å². The smallest absolute Gasteiger partial charge is 0.0867 e. The summed E-state index contributed by atoms with van der Waals surface area (Å²) in [7, 11) is 0. The fraction of sp³-hybridized carbons (Fsp3) is 0.429. The lowest BCUT2D eigenvalue weighted by Crippen LogP contribution is -2.03. The molecule has 0 bridgehead atoms. The van der Waals surface area contributed by atoms with E-state index in [4.69, 9.17) is 10.5 Å². The Hall–Kier alpha value is -1.32. The summed E-state index contributed by atoms with van der Waals surface area (Å²) in [5.41, 5.74) is 9.35. The average molecular weight is 232 g/mol. The van der Waals surface area contributed by atoms with Crippen molar-refractivity contribution in [1.29, 1.82) is 0 Å². The molecule has 0 fully saturated rings. The van der Waals surface area contributed by atoms with Crippen LogP contribution in [0.5, 0.6) is 0 Å². The van der Waals surface area contributed by atoms with Gasteiger partial charge in [0.2, 0.25) is 0 Å². The van der Waals surface area contributed by atoms with Gasteiger partial charge in [-0.3, -0.25) is 0 Å². The average Bonchev–Trinajstić information content (AvgIpc) is 2.72. The van der Waals surface area contributed by atoms with E-state index in [9.17, 15) is 0 Å². The predicted molar refractivity (Wildman–Crippen MR) is 70.8 cm³/mol. The first-order valence-corrected chi connectivity index (χ1v) is 6.19. The predicted octanol–water partition coefficient (Wildman–Crippen LogP) is 2.66. The van der Waals surface area contributed by atoms with E-state index < -0.39 is 0 Å². The van der Waals surface area contributed by atoms with Crippen molar-refractivity contribution in [2.24, 2.45) is 5.73 Å². The Bertz CT molecular complexity index is 502. The molecule has 1 heterocycles. The van der Waals surface area contributed by atoms with E-state index in [1.807, 2.05) is 6.92 Å². The molecule has 1 aromatic carbocycles. The third-order valence-electron chi connectivity index (χ3n) is 3.06. The number of hydrogen-bond acceptors (Lipinski definition) is 2. The molecule has 0 saturated heterocycles. The lowest BCUT2D eigenvalue weighted by molar-refractivity contribution is 0.129. The summed E-state index contributed by atoms with van der Waals surface area (Å²) < 4.78 is 7.80. The van der Waals surface area contributed by atoms with Crippen molar-refractivity contribution in [3.8, 4) is 0 Å². The van der Waals surface area contributed by atoms with E-state index in [-0.39, 0.29) is 0 Å². The molecule has 1 aromatic heterocycles. The molecule has 0 aliphatic rings. The van der Waals surface area contributed by atoms with E-state index in [0.29, 0.717) is 13.2 Å². The van der Waals surface area contributed by atoms with Crippen molar-refractivity contribution >= 4 is 10.9 Å². The maximum absolute atomic E-state index is 5.69. The van der Waals surface area contributed by atoms with E-state index in [0.717, 1.165) is 13.2 Å². The topological polar surface area (TPSA) is 40.2 Å². The number of nitrogens with two attached hydrogens (primary N) is 1. The molecule has 0 aliphatic heterocycles. The molecule has 2 aromatic rings. The van der Waals surface area contributed by atoms with Gasteiger partial charge in [0.05, 0.1) is 6.61 Å². The van der Waals surface area contributed by atoms with Crippen LogP contribution in [0.15, 0.2) is 24.3 Å². The second kappa shape index (κ2) is 5.34. The van der Waals surface area contributed by atoms with E-state index >= 15 is 0 Å². The van der Waals surface area contributed by atoms with Crippen LogP contribution in [-0.2, 0) is 24.4 Å². The van der Waals surface area contributed by atoms with Crippen molar-refractivity contribution in [2.75, 3.05) is 6.61 Å². The number of hydrogen-bond donors (Lipinski definition) is 1.